The van der Waals surface area contributed by atoms with E-state index in [0.717, 1.165) is 17.8 Å². The maximum Gasteiger partial charge on any atom is 0.0674 e. The molecule has 3 nitrogen and oxygen atoms in total. The first-order valence-electron chi connectivity index (χ1n) is 5.71. The van der Waals surface area contributed by atoms with Crippen molar-refractivity contribution in [2.75, 3.05) is 7.05 Å². The highest BCUT2D eigenvalue weighted by Crippen LogP contribution is 2.22. The van der Waals surface area contributed by atoms with Crippen LogP contribution in [-0.2, 0) is 13.1 Å². The summed E-state index contributed by atoms with van der Waals surface area (Å²) < 4.78 is 1.90. The summed E-state index contributed by atoms with van der Waals surface area (Å²) in [6.45, 7) is 3.48. The number of benzene rings is 1. The van der Waals surface area contributed by atoms with Gasteiger partial charge in [0.25, 0.3) is 0 Å². The minimum Gasteiger partial charge on any atom is -0.316 e. The van der Waals surface area contributed by atoms with Crippen LogP contribution in [0.15, 0.2) is 24.4 Å². The molecule has 0 atom stereocenters. The third kappa shape index (κ3) is 3.05. The Bertz CT molecular complexity index is 549. The van der Waals surface area contributed by atoms with Crippen LogP contribution in [0.3, 0.4) is 0 Å². The van der Waals surface area contributed by atoms with Crippen LogP contribution in [-0.4, -0.2) is 16.8 Å². The van der Waals surface area contributed by atoms with E-state index in [2.05, 4.69) is 10.4 Å². The Hall–Kier alpha value is -1.03. The molecule has 2 rings (SSSR count). The molecule has 0 fully saturated rings. The molecule has 1 aromatic carbocycles. The lowest BCUT2D eigenvalue weighted by molar-refractivity contribution is 0.679. The fourth-order valence-corrected chi connectivity index (χ4v) is 2.30. The number of hydrogen-bond acceptors (Lipinski definition) is 2. The second-order valence-corrected chi connectivity index (χ2v) is 5.05. The van der Waals surface area contributed by atoms with E-state index in [4.69, 9.17) is 23.2 Å². The van der Waals surface area contributed by atoms with Crippen LogP contribution in [0.1, 0.15) is 16.8 Å². The summed E-state index contributed by atoms with van der Waals surface area (Å²) in [5.74, 6) is 0. The fourth-order valence-electron chi connectivity index (χ4n) is 1.83. The Morgan fingerprint density at radius 1 is 1.28 bits per heavy atom. The maximum absolute atomic E-state index is 6.15. The van der Waals surface area contributed by atoms with Gasteiger partial charge >= 0.3 is 0 Å². The first-order chi connectivity index (χ1) is 8.60. The van der Waals surface area contributed by atoms with Crippen molar-refractivity contribution in [1.29, 1.82) is 0 Å². The third-order valence-corrected chi connectivity index (χ3v) is 3.35. The quantitative estimate of drug-likeness (QED) is 0.933. The monoisotopic (exact) mass is 283 g/mol. The molecule has 0 aliphatic heterocycles. The summed E-state index contributed by atoms with van der Waals surface area (Å²) >= 11 is 12.0. The molecule has 2 aromatic rings. The average molecular weight is 284 g/mol. The zero-order valence-corrected chi connectivity index (χ0v) is 11.9. The second-order valence-electron chi connectivity index (χ2n) is 4.20. The molecule has 0 radical (unpaired) electrons. The van der Waals surface area contributed by atoms with E-state index in [-0.39, 0.29) is 0 Å². The lowest BCUT2D eigenvalue weighted by atomic mass is 10.2. The normalized spacial score (nSPS) is 10.9. The highest BCUT2D eigenvalue weighted by atomic mass is 35.5. The van der Waals surface area contributed by atoms with Crippen molar-refractivity contribution in [2.45, 2.75) is 20.0 Å². The topological polar surface area (TPSA) is 29.9 Å². The molecule has 0 bridgehead atoms. The Morgan fingerprint density at radius 2 is 2.06 bits per heavy atom. The molecule has 1 aromatic heterocycles. The lowest BCUT2D eigenvalue weighted by Gasteiger charge is -2.04. The van der Waals surface area contributed by atoms with Gasteiger partial charge < -0.3 is 5.32 Å². The molecule has 0 saturated heterocycles. The highest BCUT2D eigenvalue weighted by Gasteiger charge is 2.06. The zero-order chi connectivity index (χ0) is 13.1. The smallest absolute Gasteiger partial charge is 0.0674 e. The van der Waals surface area contributed by atoms with Crippen molar-refractivity contribution in [3.05, 3.63) is 51.3 Å². The Labute approximate surface area is 117 Å². The third-order valence-electron chi connectivity index (χ3n) is 2.76. The summed E-state index contributed by atoms with van der Waals surface area (Å²) in [4.78, 5) is 0. The molecule has 0 aliphatic carbocycles. The number of nitrogens with zero attached hydrogens (tertiary/aromatic N) is 2. The molecule has 96 valence electrons. The Kier molecular flexibility index (Phi) is 4.27. The van der Waals surface area contributed by atoms with Gasteiger partial charge in [0.2, 0.25) is 0 Å². The first kappa shape index (κ1) is 13.4. The highest BCUT2D eigenvalue weighted by molar-refractivity contribution is 6.35. The van der Waals surface area contributed by atoms with Crippen LogP contribution in [0.4, 0.5) is 0 Å². The van der Waals surface area contributed by atoms with Crippen molar-refractivity contribution >= 4 is 23.2 Å². The zero-order valence-electron chi connectivity index (χ0n) is 10.4. The van der Waals surface area contributed by atoms with Gasteiger partial charge in [-0.3, -0.25) is 4.68 Å². The lowest BCUT2D eigenvalue weighted by Crippen LogP contribution is -2.05. The second kappa shape index (κ2) is 5.74. The van der Waals surface area contributed by atoms with Crippen molar-refractivity contribution in [3.63, 3.8) is 0 Å². The molecule has 0 aliphatic rings. The SMILES string of the molecule is CNCc1cn(Cc2ccc(Cl)cc2Cl)nc1C. The number of hydrogen-bond donors (Lipinski definition) is 1. The van der Waals surface area contributed by atoms with E-state index >= 15 is 0 Å². The number of halogens is 2. The number of nitrogens with one attached hydrogen (secondary N) is 1. The van der Waals surface area contributed by atoms with Crippen LogP contribution in [0.2, 0.25) is 10.0 Å². The van der Waals surface area contributed by atoms with Gasteiger partial charge in [0.15, 0.2) is 0 Å². The summed E-state index contributed by atoms with van der Waals surface area (Å²) in [5.41, 5.74) is 3.25. The summed E-state index contributed by atoms with van der Waals surface area (Å²) in [7, 11) is 1.92. The molecule has 5 heteroatoms. The van der Waals surface area contributed by atoms with Gasteiger partial charge in [0.1, 0.15) is 0 Å². The summed E-state index contributed by atoms with van der Waals surface area (Å²) in [6, 6.07) is 5.52. The van der Waals surface area contributed by atoms with E-state index in [0.29, 0.717) is 16.6 Å². The minimum atomic E-state index is 0.649. The molecular weight excluding hydrogens is 269 g/mol. The fraction of sp³-hybridized carbons (Fsp3) is 0.308. The van der Waals surface area contributed by atoms with Crippen LogP contribution in [0.5, 0.6) is 0 Å². The molecule has 1 heterocycles. The van der Waals surface area contributed by atoms with Gasteiger partial charge in [-0.1, -0.05) is 29.3 Å². The van der Waals surface area contributed by atoms with Gasteiger partial charge in [0.05, 0.1) is 12.2 Å². The first-order valence-corrected chi connectivity index (χ1v) is 6.47. The summed E-state index contributed by atoms with van der Waals surface area (Å²) in [6.07, 6.45) is 2.04. The molecule has 0 spiro atoms. The number of rotatable bonds is 4. The van der Waals surface area contributed by atoms with Crippen LogP contribution < -0.4 is 5.32 Å². The van der Waals surface area contributed by atoms with E-state index < -0.39 is 0 Å². The van der Waals surface area contributed by atoms with Crippen molar-refractivity contribution in [1.82, 2.24) is 15.1 Å². The van der Waals surface area contributed by atoms with Gasteiger partial charge in [-0.15, -0.1) is 0 Å². The molecular formula is C13H15Cl2N3. The van der Waals surface area contributed by atoms with Crippen molar-refractivity contribution in [3.8, 4) is 0 Å². The van der Waals surface area contributed by atoms with Crippen LogP contribution in [0, 0.1) is 6.92 Å². The van der Waals surface area contributed by atoms with Gasteiger partial charge in [-0.05, 0) is 31.7 Å². The summed E-state index contributed by atoms with van der Waals surface area (Å²) in [5, 5.41) is 8.92. The molecule has 0 amide bonds. The molecule has 18 heavy (non-hydrogen) atoms. The van der Waals surface area contributed by atoms with Crippen LogP contribution in [0.25, 0.3) is 0 Å². The minimum absolute atomic E-state index is 0.649. The van der Waals surface area contributed by atoms with Crippen molar-refractivity contribution < 1.29 is 0 Å². The van der Waals surface area contributed by atoms with Gasteiger partial charge in [0, 0.05) is 28.4 Å². The average Bonchev–Trinajstić information content (AvgIpc) is 2.64. The van der Waals surface area contributed by atoms with E-state index in [1.807, 2.05) is 37.0 Å². The predicted octanol–water partition coefficient (Wildman–Crippen LogP) is 3.27. The van der Waals surface area contributed by atoms with Gasteiger partial charge in [-0.2, -0.15) is 5.10 Å². The molecule has 0 unspecified atom stereocenters. The molecule has 1 N–H and O–H groups in total. The van der Waals surface area contributed by atoms with Crippen molar-refractivity contribution in [2.24, 2.45) is 0 Å². The Balaban J connectivity index is 2.20. The Morgan fingerprint density at radius 3 is 2.72 bits per heavy atom. The van der Waals surface area contributed by atoms with E-state index in [9.17, 15) is 0 Å². The number of aryl methyl sites for hydroxylation is 1. The van der Waals surface area contributed by atoms with Gasteiger partial charge in [-0.25, -0.2) is 0 Å². The van der Waals surface area contributed by atoms with E-state index in [1.165, 1.54) is 5.56 Å². The standard InChI is InChI=1S/C13H15Cl2N3/c1-9-11(6-16-2)8-18(17-9)7-10-3-4-12(14)5-13(10)15/h3-5,8,16H,6-7H2,1-2H3. The number of aromatic nitrogens is 2. The molecule has 0 saturated carbocycles. The predicted molar refractivity (Wildman–Crippen MR) is 75.3 cm³/mol. The van der Waals surface area contributed by atoms with E-state index in [1.54, 1.807) is 6.07 Å². The van der Waals surface area contributed by atoms with Crippen LogP contribution >= 0.6 is 23.2 Å². The maximum atomic E-state index is 6.15. The largest absolute Gasteiger partial charge is 0.316 e.